The Morgan fingerprint density at radius 2 is 2.00 bits per heavy atom. The normalized spacial score (nSPS) is 13.1. The quantitative estimate of drug-likeness (QED) is 0.728. The number of hydrogen-bond acceptors (Lipinski definition) is 1. The van der Waals surface area contributed by atoms with Gasteiger partial charge in [0.05, 0.1) is 0 Å². The molecule has 0 spiro atoms. The Morgan fingerprint density at radius 1 is 1.42 bits per heavy atom. The molecular formula is C9H18BrNO. The second-order valence-electron chi connectivity index (χ2n) is 3.46. The van der Waals surface area contributed by atoms with Gasteiger partial charge in [0, 0.05) is 18.3 Å². The van der Waals surface area contributed by atoms with E-state index in [1.54, 1.807) is 0 Å². The molecule has 1 atom stereocenters. The van der Waals surface area contributed by atoms with Crippen molar-refractivity contribution in [1.29, 1.82) is 0 Å². The molecule has 0 bridgehead atoms. The summed E-state index contributed by atoms with van der Waals surface area (Å²) in [7, 11) is 0. The summed E-state index contributed by atoms with van der Waals surface area (Å²) in [6.45, 7) is 7.28. The Kier molecular flexibility index (Phi) is 6.44. The standard InChI is InChI=1S/C9H18BrNO/c1-7(2)8(3)6-11-9(12)4-5-10/h7-8H,4-6H2,1-3H3,(H,11,12). The highest BCUT2D eigenvalue weighted by molar-refractivity contribution is 9.09. The summed E-state index contributed by atoms with van der Waals surface area (Å²) < 4.78 is 0. The molecule has 0 heterocycles. The van der Waals surface area contributed by atoms with Gasteiger partial charge >= 0.3 is 0 Å². The molecule has 0 aromatic rings. The molecule has 2 nitrogen and oxygen atoms in total. The number of amides is 1. The van der Waals surface area contributed by atoms with Crippen LogP contribution in [-0.2, 0) is 4.79 Å². The van der Waals surface area contributed by atoms with Gasteiger partial charge in [-0.05, 0) is 11.8 Å². The maximum Gasteiger partial charge on any atom is 0.220 e. The maximum absolute atomic E-state index is 11.0. The lowest BCUT2D eigenvalue weighted by Crippen LogP contribution is -2.30. The van der Waals surface area contributed by atoms with Gasteiger partial charge in [0.25, 0.3) is 0 Å². The van der Waals surface area contributed by atoms with Gasteiger partial charge in [-0.3, -0.25) is 4.79 Å². The van der Waals surface area contributed by atoms with Crippen LogP contribution in [-0.4, -0.2) is 17.8 Å². The highest BCUT2D eigenvalue weighted by atomic mass is 79.9. The molecule has 0 aromatic carbocycles. The molecule has 0 saturated carbocycles. The number of nitrogens with one attached hydrogen (secondary N) is 1. The Balaban J connectivity index is 3.47. The minimum absolute atomic E-state index is 0.138. The minimum Gasteiger partial charge on any atom is -0.356 e. The van der Waals surface area contributed by atoms with Crippen LogP contribution >= 0.6 is 15.9 Å². The van der Waals surface area contributed by atoms with Crippen LogP contribution in [0.5, 0.6) is 0 Å². The van der Waals surface area contributed by atoms with Crippen molar-refractivity contribution in [3.63, 3.8) is 0 Å². The Morgan fingerprint density at radius 3 is 2.42 bits per heavy atom. The summed E-state index contributed by atoms with van der Waals surface area (Å²) in [6, 6.07) is 0. The molecule has 1 unspecified atom stereocenters. The first-order valence-electron chi connectivity index (χ1n) is 4.40. The minimum atomic E-state index is 0.138. The van der Waals surface area contributed by atoms with Crippen molar-refractivity contribution in [3.8, 4) is 0 Å². The fraction of sp³-hybridized carbons (Fsp3) is 0.889. The molecule has 0 fully saturated rings. The van der Waals surface area contributed by atoms with Crippen molar-refractivity contribution < 1.29 is 4.79 Å². The smallest absolute Gasteiger partial charge is 0.220 e. The second-order valence-corrected chi connectivity index (χ2v) is 4.26. The lowest BCUT2D eigenvalue weighted by Gasteiger charge is -2.15. The van der Waals surface area contributed by atoms with Gasteiger partial charge in [-0.25, -0.2) is 0 Å². The SMILES string of the molecule is CC(C)C(C)CNC(=O)CCBr. The van der Waals surface area contributed by atoms with Crippen LogP contribution in [0, 0.1) is 11.8 Å². The van der Waals surface area contributed by atoms with Crippen molar-refractivity contribution in [2.45, 2.75) is 27.2 Å². The summed E-state index contributed by atoms with van der Waals surface area (Å²) >= 11 is 3.23. The van der Waals surface area contributed by atoms with E-state index >= 15 is 0 Å². The van der Waals surface area contributed by atoms with E-state index in [1.165, 1.54) is 0 Å². The first-order valence-corrected chi connectivity index (χ1v) is 5.52. The molecule has 3 heteroatoms. The van der Waals surface area contributed by atoms with Crippen LogP contribution < -0.4 is 5.32 Å². The van der Waals surface area contributed by atoms with Crippen molar-refractivity contribution >= 4 is 21.8 Å². The van der Waals surface area contributed by atoms with Crippen LogP contribution in [0.15, 0.2) is 0 Å². The zero-order valence-corrected chi connectivity index (χ0v) is 9.65. The average molecular weight is 236 g/mol. The predicted octanol–water partition coefficient (Wildman–Crippen LogP) is 2.18. The average Bonchev–Trinajstić information content (AvgIpc) is 2.00. The highest BCUT2D eigenvalue weighted by Crippen LogP contribution is 2.07. The summed E-state index contributed by atoms with van der Waals surface area (Å²) in [5, 5.41) is 3.64. The molecule has 0 aromatic heterocycles. The van der Waals surface area contributed by atoms with Crippen LogP contribution in [0.25, 0.3) is 0 Å². The van der Waals surface area contributed by atoms with Crippen LogP contribution in [0.4, 0.5) is 0 Å². The molecule has 0 radical (unpaired) electrons. The molecule has 0 saturated heterocycles. The molecule has 12 heavy (non-hydrogen) atoms. The summed E-state index contributed by atoms with van der Waals surface area (Å²) in [5.74, 6) is 1.33. The molecule has 72 valence electrons. The topological polar surface area (TPSA) is 29.1 Å². The highest BCUT2D eigenvalue weighted by Gasteiger charge is 2.07. The third-order valence-corrected chi connectivity index (χ3v) is 2.48. The molecule has 1 N–H and O–H groups in total. The summed E-state index contributed by atoms with van der Waals surface area (Å²) in [6.07, 6.45) is 0.574. The first kappa shape index (κ1) is 11.9. The third kappa shape index (κ3) is 5.58. The van der Waals surface area contributed by atoms with Gasteiger partial charge in [-0.2, -0.15) is 0 Å². The van der Waals surface area contributed by atoms with Gasteiger partial charge in [-0.1, -0.05) is 36.7 Å². The van der Waals surface area contributed by atoms with E-state index in [9.17, 15) is 4.79 Å². The Bertz CT molecular complexity index is 136. The molecule has 0 aliphatic carbocycles. The molecular weight excluding hydrogens is 218 g/mol. The number of rotatable bonds is 5. The third-order valence-electron chi connectivity index (χ3n) is 2.08. The molecule has 0 rings (SSSR count). The van der Waals surface area contributed by atoms with Crippen LogP contribution in [0.1, 0.15) is 27.2 Å². The van der Waals surface area contributed by atoms with Crippen molar-refractivity contribution in [2.24, 2.45) is 11.8 Å². The van der Waals surface area contributed by atoms with Crippen LogP contribution in [0.2, 0.25) is 0 Å². The van der Waals surface area contributed by atoms with Crippen molar-refractivity contribution in [2.75, 3.05) is 11.9 Å². The van der Waals surface area contributed by atoms with E-state index in [2.05, 4.69) is 42.0 Å². The predicted molar refractivity (Wildman–Crippen MR) is 55.4 cm³/mol. The van der Waals surface area contributed by atoms with Crippen LogP contribution in [0.3, 0.4) is 0 Å². The summed E-state index contributed by atoms with van der Waals surface area (Å²) in [4.78, 5) is 11.0. The molecule has 1 amide bonds. The lowest BCUT2D eigenvalue weighted by molar-refractivity contribution is -0.120. The van der Waals surface area contributed by atoms with E-state index in [4.69, 9.17) is 0 Å². The number of alkyl halides is 1. The zero-order chi connectivity index (χ0) is 9.56. The second kappa shape index (κ2) is 6.46. The van der Waals surface area contributed by atoms with Gasteiger partial charge in [0.15, 0.2) is 0 Å². The van der Waals surface area contributed by atoms with E-state index in [-0.39, 0.29) is 5.91 Å². The Hall–Kier alpha value is -0.0500. The van der Waals surface area contributed by atoms with Gasteiger partial charge < -0.3 is 5.32 Å². The zero-order valence-electron chi connectivity index (χ0n) is 8.06. The fourth-order valence-corrected chi connectivity index (χ4v) is 1.04. The van der Waals surface area contributed by atoms with E-state index in [0.29, 0.717) is 18.3 Å². The van der Waals surface area contributed by atoms with E-state index < -0.39 is 0 Å². The lowest BCUT2D eigenvalue weighted by atomic mass is 9.98. The van der Waals surface area contributed by atoms with Gasteiger partial charge in [-0.15, -0.1) is 0 Å². The van der Waals surface area contributed by atoms with Crippen molar-refractivity contribution in [1.82, 2.24) is 5.32 Å². The fourth-order valence-electron chi connectivity index (χ4n) is 0.685. The number of halogens is 1. The molecule has 0 aliphatic rings. The number of hydrogen-bond donors (Lipinski definition) is 1. The van der Waals surface area contributed by atoms with E-state index in [1.807, 2.05) is 0 Å². The van der Waals surface area contributed by atoms with Crippen molar-refractivity contribution in [3.05, 3.63) is 0 Å². The van der Waals surface area contributed by atoms with Gasteiger partial charge in [0.2, 0.25) is 5.91 Å². The summed E-state index contributed by atoms with van der Waals surface area (Å²) in [5.41, 5.74) is 0. The Labute approximate surface area is 83.2 Å². The first-order chi connectivity index (χ1) is 5.57. The number of carbonyl (C=O) groups is 1. The maximum atomic E-state index is 11.0. The number of carbonyl (C=O) groups excluding carboxylic acids is 1. The monoisotopic (exact) mass is 235 g/mol. The largest absolute Gasteiger partial charge is 0.356 e. The van der Waals surface area contributed by atoms with Gasteiger partial charge in [0.1, 0.15) is 0 Å². The van der Waals surface area contributed by atoms with E-state index in [0.717, 1.165) is 11.9 Å². The molecule has 0 aliphatic heterocycles.